The molecule has 0 saturated carbocycles. The monoisotopic (exact) mass is 283 g/mol. The minimum absolute atomic E-state index is 0.142. The zero-order valence-electron chi connectivity index (χ0n) is 11.8. The number of nitrogens with one attached hydrogen (secondary N) is 1. The molecule has 3 heterocycles. The minimum Gasteiger partial charge on any atom is -0.267 e. The molecule has 6 nitrogen and oxygen atoms in total. The van der Waals surface area contributed by atoms with E-state index in [0.29, 0.717) is 23.6 Å². The van der Waals surface area contributed by atoms with Gasteiger partial charge in [-0.15, -0.1) is 0 Å². The molecule has 0 unspecified atom stereocenters. The van der Waals surface area contributed by atoms with Crippen molar-refractivity contribution in [1.82, 2.24) is 14.5 Å². The molecule has 0 aliphatic carbocycles. The third kappa shape index (κ3) is 1.53. The van der Waals surface area contributed by atoms with Crippen LogP contribution in [0, 0.1) is 5.92 Å². The SMILES string of the molecule is CC(C)[C@H]1Cn2c(=O)[nH]c(=O)c3nc4ccccc4[n+]1c32. The molecule has 21 heavy (non-hydrogen) atoms. The van der Waals surface area contributed by atoms with E-state index >= 15 is 0 Å². The Morgan fingerprint density at radius 3 is 2.86 bits per heavy atom. The number of hydrogen-bond acceptors (Lipinski definition) is 3. The standard InChI is InChI=1S/C15H14N4O2/c1-8(2)11-7-18-14-12(13(20)17-15(18)21)16-9-5-3-4-6-10(9)19(11)14/h3-6,8,11H,7H2,1-2H3/p+1/t11-/m1/s1. The Bertz CT molecular complexity index is 1000. The van der Waals surface area contributed by atoms with Crippen LogP contribution in [0.2, 0.25) is 0 Å². The quantitative estimate of drug-likeness (QED) is 0.529. The third-order valence-corrected chi connectivity index (χ3v) is 4.22. The van der Waals surface area contributed by atoms with Gasteiger partial charge in [0.05, 0.1) is 0 Å². The summed E-state index contributed by atoms with van der Waals surface area (Å²) in [6.45, 7) is 4.81. The predicted molar refractivity (Wildman–Crippen MR) is 78.2 cm³/mol. The smallest absolute Gasteiger partial charge is 0.267 e. The van der Waals surface area contributed by atoms with Gasteiger partial charge in [-0.2, -0.15) is 4.57 Å². The van der Waals surface area contributed by atoms with E-state index in [2.05, 4.69) is 28.4 Å². The molecule has 1 atom stereocenters. The molecular weight excluding hydrogens is 268 g/mol. The summed E-state index contributed by atoms with van der Waals surface area (Å²) in [7, 11) is 0. The number of fused-ring (bicyclic) bond motifs is 2. The lowest BCUT2D eigenvalue weighted by Crippen LogP contribution is -2.42. The van der Waals surface area contributed by atoms with Gasteiger partial charge < -0.3 is 0 Å². The van der Waals surface area contributed by atoms with Crippen molar-refractivity contribution < 1.29 is 4.57 Å². The number of rotatable bonds is 1. The van der Waals surface area contributed by atoms with Crippen molar-refractivity contribution in [1.29, 1.82) is 0 Å². The first-order valence-corrected chi connectivity index (χ1v) is 7.05. The van der Waals surface area contributed by atoms with Crippen LogP contribution >= 0.6 is 0 Å². The number of nitrogens with zero attached hydrogens (tertiary/aromatic N) is 3. The Morgan fingerprint density at radius 1 is 1.33 bits per heavy atom. The maximum atomic E-state index is 12.1. The largest absolute Gasteiger partial charge is 0.416 e. The van der Waals surface area contributed by atoms with Gasteiger partial charge in [0, 0.05) is 0 Å². The number of benzene rings is 1. The van der Waals surface area contributed by atoms with E-state index in [0.717, 1.165) is 11.0 Å². The highest BCUT2D eigenvalue weighted by Crippen LogP contribution is 2.24. The first-order chi connectivity index (χ1) is 10.1. The van der Waals surface area contributed by atoms with Crippen LogP contribution < -0.4 is 15.8 Å². The Hall–Kier alpha value is -2.50. The van der Waals surface area contributed by atoms with Crippen LogP contribution in [0.4, 0.5) is 0 Å². The van der Waals surface area contributed by atoms with Gasteiger partial charge in [-0.25, -0.2) is 14.3 Å². The van der Waals surface area contributed by atoms with Gasteiger partial charge in [-0.1, -0.05) is 26.0 Å². The molecule has 1 N–H and O–H groups in total. The molecule has 0 amide bonds. The molecule has 0 bridgehead atoms. The molecule has 4 rings (SSSR count). The van der Waals surface area contributed by atoms with Crippen molar-refractivity contribution in [2.24, 2.45) is 5.92 Å². The second kappa shape index (κ2) is 4.00. The maximum absolute atomic E-state index is 12.1. The molecule has 1 aliphatic rings. The third-order valence-electron chi connectivity index (χ3n) is 4.22. The van der Waals surface area contributed by atoms with E-state index in [9.17, 15) is 9.59 Å². The summed E-state index contributed by atoms with van der Waals surface area (Å²) in [5.41, 5.74) is 1.91. The van der Waals surface area contributed by atoms with Crippen LogP contribution in [0.25, 0.3) is 22.2 Å². The average Bonchev–Trinajstić information content (AvgIpc) is 2.86. The topological polar surface area (TPSA) is 71.6 Å². The van der Waals surface area contributed by atoms with Gasteiger partial charge >= 0.3 is 11.3 Å². The van der Waals surface area contributed by atoms with Gasteiger partial charge in [0.15, 0.2) is 5.52 Å². The van der Waals surface area contributed by atoms with Crippen molar-refractivity contribution >= 4 is 22.2 Å². The number of para-hydroxylation sites is 2. The average molecular weight is 283 g/mol. The van der Waals surface area contributed by atoms with E-state index in [-0.39, 0.29) is 11.7 Å². The van der Waals surface area contributed by atoms with Crippen molar-refractivity contribution in [3.63, 3.8) is 0 Å². The van der Waals surface area contributed by atoms with Crippen LogP contribution in [0.5, 0.6) is 0 Å². The molecular formula is C15H15N4O2+. The van der Waals surface area contributed by atoms with Crippen LogP contribution in [-0.4, -0.2) is 14.5 Å². The van der Waals surface area contributed by atoms with E-state index in [4.69, 9.17) is 0 Å². The summed E-state index contributed by atoms with van der Waals surface area (Å²) in [6, 6.07) is 7.87. The van der Waals surface area contributed by atoms with Gasteiger partial charge in [0.25, 0.3) is 5.56 Å². The molecule has 1 aliphatic heterocycles. The number of H-pyrrole nitrogens is 1. The number of aromatic nitrogens is 4. The lowest BCUT2D eigenvalue weighted by molar-refractivity contribution is -0.673. The van der Waals surface area contributed by atoms with Crippen LogP contribution in [0.15, 0.2) is 33.9 Å². The predicted octanol–water partition coefficient (Wildman–Crippen LogP) is 0.736. The van der Waals surface area contributed by atoms with E-state index < -0.39 is 5.56 Å². The van der Waals surface area contributed by atoms with Crippen LogP contribution in [0.1, 0.15) is 19.9 Å². The summed E-state index contributed by atoms with van der Waals surface area (Å²) >= 11 is 0. The zero-order valence-corrected chi connectivity index (χ0v) is 11.8. The fraction of sp³-hybridized carbons (Fsp3) is 0.333. The summed E-state index contributed by atoms with van der Waals surface area (Å²) in [5, 5.41) is 0. The fourth-order valence-electron chi connectivity index (χ4n) is 3.17. The lowest BCUT2D eigenvalue weighted by atomic mass is 10.0. The first kappa shape index (κ1) is 12.3. The molecule has 3 aromatic rings. The highest BCUT2D eigenvalue weighted by Gasteiger charge is 2.38. The molecule has 0 radical (unpaired) electrons. The number of aromatic amines is 1. The highest BCUT2D eigenvalue weighted by atomic mass is 16.2. The van der Waals surface area contributed by atoms with Crippen LogP contribution in [0.3, 0.4) is 0 Å². The Labute approximate surface area is 119 Å². The van der Waals surface area contributed by atoms with Gasteiger partial charge in [0.1, 0.15) is 18.1 Å². The lowest BCUT2D eigenvalue weighted by Gasteiger charge is -2.13. The van der Waals surface area contributed by atoms with E-state index in [1.165, 1.54) is 0 Å². The van der Waals surface area contributed by atoms with E-state index in [1.54, 1.807) is 4.57 Å². The molecule has 0 spiro atoms. The first-order valence-electron chi connectivity index (χ1n) is 7.05. The van der Waals surface area contributed by atoms with Crippen LogP contribution in [-0.2, 0) is 6.54 Å². The van der Waals surface area contributed by atoms with Gasteiger partial charge in [0.2, 0.25) is 5.52 Å². The normalized spacial score (nSPS) is 17.2. The second-order valence-corrected chi connectivity index (χ2v) is 5.82. The second-order valence-electron chi connectivity index (χ2n) is 5.82. The van der Waals surface area contributed by atoms with Crippen molar-refractivity contribution in [2.75, 3.05) is 0 Å². The van der Waals surface area contributed by atoms with Crippen molar-refractivity contribution in [3.8, 4) is 0 Å². The summed E-state index contributed by atoms with van der Waals surface area (Å²) in [6.07, 6.45) is 0. The van der Waals surface area contributed by atoms with Crippen molar-refractivity contribution in [2.45, 2.75) is 26.4 Å². The minimum atomic E-state index is -0.421. The Morgan fingerprint density at radius 2 is 2.10 bits per heavy atom. The highest BCUT2D eigenvalue weighted by molar-refractivity contribution is 5.79. The molecule has 0 fully saturated rings. The molecule has 2 aromatic heterocycles. The van der Waals surface area contributed by atoms with E-state index in [1.807, 2.05) is 24.3 Å². The molecule has 106 valence electrons. The summed E-state index contributed by atoms with van der Waals surface area (Å²) in [5.74, 6) is 0.346. The molecule has 0 saturated heterocycles. The maximum Gasteiger partial charge on any atom is 0.416 e. The zero-order chi connectivity index (χ0) is 14.7. The Balaban J connectivity index is 2.31. The number of hydrogen-bond donors (Lipinski definition) is 1. The van der Waals surface area contributed by atoms with Crippen molar-refractivity contribution in [3.05, 3.63) is 45.1 Å². The fourth-order valence-corrected chi connectivity index (χ4v) is 3.17. The summed E-state index contributed by atoms with van der Waals surface area (Å²) in [4.78, 5) is 31.0. The molecule has 1 aromatic carbocycles. The van der Waals surface area contributed by atoms with Gasteiger partial charge in [-0.3, -0.25) is 9.78 Å². The van der Waals surface area contributed by atoms with Gasteiger partial charge in [-0.05, 0) is 18.1 Å². The summed E-state index contributed by atoms with van der Waals surface area (Å²) < 4.78 is 3.72. The Kier molecular flexibility index (Phi) is 2.34. The molecule has 6 heteroatoms.